The molecule has 0 spiro atoms. The average Bonchev–Trinajstić information content (AvgIpc) is 2.93. The van der Waals surface area contributed by atoms with E-state index in [1.807, 2.05) is 0 Å². The molecule has 1 aromatic carbocycles. The maximum absolute atomic E-state index is 11.9. The SMILES string of the molecule is CCOC(=O)c1cnc2cc3c(cc2c1N=[N+]=[N-])OCO3. The summed E-state index contributed by atoms with van der Waals surface area (Å²) in [5.74, 6) is 0.484. The molecule has 0 saturated heterocycles. The molecule has 0 amide bonds. The van der Waals surface area contributed by atoms with Gasteiger partial charge in [-0.1, -0.05) is 5.11 Å². The minimum Gasteiger partial charge on any atom is -0.462 e. The molecule has 0 saturated carbocycles. The van der Waals surface area contributed by atoms with Crippen molar-refractivity contribution in [2.75, 3.05) is 13.4 Å². The molecule has 21 heavy (non-hydrogen) atoms. The zero-order valence-electron chi connectivity index (χ0n) is 11.1. The Kier molecular flexibility index (Phi) is 3.21. The number of aromatic nitrogens is 1. The van der Waals surface area contributed by atoms with Gasteiger partial charge in [0.1, 0.15) is 0 Å². The highest BCUT2D eigenvalue weighted by molar-refractivity contribution is 6.04. The molecule has 3 rings (SSSR count). The number of azide groups is 1. The van der Waals surface area contributed by atoms with Crippen LogP contribution in [0.4, 0.5) is 5.69 Å². The van der Waals surface area contributed by atoms with E-state index in [4.69, 9.17) is 19.7 Å². The number of pyridine rings is 1. The topological polar surface area (TPSA) is 106 Å². The van der Waals surface area contributed by atoms with Gasteiger partial charge in [0.15, 0.2) is 11.5 Å². The van der Waals surface area contributed by atoms with Crippen LogP contribution in [0, 0.1) is 0 Å². The molecule has 106 valence electrons. The molecule has 8 heteroatoms. The fourth-order valence-corrected chi connectivity index (χ4v) is 2.08. The molecule has 0 aliphatic carbocycles. The molecule has 0 fully saturated rings. The highest BCUT2D eigenvalue weighted by atomic mass is 16.7. The van der Waals surface area contributed by atoms with Gasteiger partial charge in [-0.3, -0.25) is 4.98 Å². The van der Waals surface area contributed by atoms with Crippen molar-refractivity contribution in [3.05, 3.63) is 34.3 Å². The molecule has 0 radical (unpaired) electrons. The first-order valence-corrected chi connectivity index (χ1v) is 6.19. The second kappa shape index (κ2) is 5.18. The lowest BCUT2D eigenvalue weighted by molar-refractivity contribution is 0.0527. The van der Waals surface area contributed by atoms with Crippen LogP contribution in [0.25, 0.3) is 21.3 Å². The van der Waals surface area contributed by atoms with Crippen LogP contribution in [-0.2, 0) is 4.74 Å². The van der Waals surface area contributed by atoms with Gasteiger partial charge in [0, 0.05) is 22.6 Å². The molecule has 0 atom stereocenters. The Balaban J connectivity index is 2.26. The van der Waals surface area contributed by atoms with Crippen molar-refractivity contribution in [3.8, 4) is 11.5 Å². The fraction of sp³-hybridized carbons (Fsp3) is 0.231. The van der Waals surface area contributed by atoms with Crippen LogP contribution in [0.2, 0.25) is 0 Å². The van der Waals surface area contributed by atoms with E-state index < -0.39 is 5.97 Å². The Labute approximate surface area is 118 Å². The summed E-state index contributed by atoms with van der Waals surface area (Å²) in [7, 11) is 0. The standard InChI is InChI=1S/C13H10N4O4/c1-2-19-13(18)8-5-15-9-4-11-10(20-6-21-11)3-7(9)12(8)16-17-14/h3-5H,2,6H2,1H3. The zero-order chi connectivity index (χ0) is 14.8. The third-order valence-corrected chi connectivity index (χ3v) is 2.97. The smallest absolute Gasteiger partial charge is 0.340 e. The summed E-state index contributed by atoms with van der Waals surface area (Å²) in [5, 5.41) is 4.11. The van der Waals surface area contributed by atoms with E-state index in [0.717, 1.165) is 0 Å². The summed E-state index contributed by atoms with van der Waals surface area (Å²) >= 11 is 0. The van der Waals surface area contributed by atoms with Gasteiger partial charge < -0.3 is 14.2 Å². The zero-order valence-corrected chi connectivity index (χ0v) is 11.1. The highest BCUT2D eigenvalue weighted by Crippen LogP contribution is 2.39. The van der Waals surface area contributed by atoms with E-state index in [2.05, 4.69) is 15.0 Å². The minimum absolute atomic E-state index is 0.112. The Morgan fingerprint density at radius 1 is 1.48 bits per heavy atom. The van der Waals surface area contributed by atoms with Gasteiger partial charge in [-0.05, 0) is 18.5 Å². The van der Waals surface area contributed by atoms with E-state index in [0.29, 0.717) is 22.4 Å². The van der Waals surface area contributed by atoms with Gasteiger partial charge >= 0.3 is 5.97 Å². The molecule has 2 heterocycles. The summed E-state index contributed by atoms with van der Waals surface area (Å²) in [6.45, 7) is 2.03. The number of hydrogen-bond donors (Lipinski definition) is 0. The lowest BCUT2D eigenvalue weighted by Gasteiger charge is -2.08. The Morgan fingerprint density at radius 2 is 2.24 bits per heavy atom. The van der Waals surface area contributed by atoms with E-state index in [9.17, 15) is 4.79 Å². The monoisotopic (exact) mass is 286 g/mol. The molecule has 2 aromatic rings. The van der Waals surface area contributed by atoms with Crippen LogP contribution in [-0.4, -0.2) is 24.4 Å². The third kappa shape index (κ3) is 2.17. The molecule has 1 aliphatic rings. The first-order valence-electron chi connectivity index (χ1n) is 6.19. The van der Waals surface area contributed by atoms with Crippen LogP contribution in [0.15, 0.2) is 23.4 Å². The van der Waals surface area contributed by atoms with Gasteiger partial charge in [0.2, 0.25) is 6.79 Å². The maximum Gasteiger partial charge on any atom is 0.340 e. The lowest BCUT2D eigenvalue weighted by Crippen LogP contribution is -2.05. The number of benzene rings is 1. The molecular formula is C13H10N4O4. The number of carbonyl (C=O) groups is 1. The Morgan fingerprint density at radius 3 is 2.95 bits per heavy atom. The van der Waals surface area contributed by atoms with Gasteiger partial charge in [0.05, 0.1) is 23.4 Å². The minimum atomic E-state index is -0.591. The maximum atomic E-state index is 11.9. The lowest BCUT2D eigenvalue weighted by atomic mass is 10.1. The second-order valence-electron chi connectivity index (χ2n) is 4.15. The van der Waals surface area contributed by atoms with Crippen LogP contribution in [0.5, 0.6) is 11.5 Å². The number of esters is 1. The van der Waals surface area contributed by atoms with Crippen molar-refractivity contribution >= 4 is 22.6 Å². The van der Waals surface area contributed by atoms with Crippen molar-refractivity contribution in [3.63, 3.8) is 0 Å². The van der Waals surface area contributed by atoms with Gasteiger partial charge in [-0.2, -0.15) is 0 Å². The van der Waals surface area contributed by atoms with Crippen molar-refractivity contribution < 1.29 is 19.0 Å². The molecule has 0 bridgehead atoms. The third-order valence-electron chi connectivity index (χ3n) is 2.97. The number of ether oxygens (including phenoxy) is 3. The highest BCUT2D eigenvalue weighted by Gasteiger charge is 2.20. The Hall–Kier alpha value is -2.99. The number of carbonyl (C=O) groups excluding carboxylic acids is 1. The molecule has 0 N–H and O–H groups in total. The van der Waals surface area contributed by atoms with Gasteiger partial charge in [-0.25, -0.2) is 4.79 Å². The van der Waals surface area contributed by atoms with Gasteiger partial charge in [-0.15, -0.1) is 0 Å². The largest absolute Gasteiger partial charge is 0.462 e. The van der Waals surface area contributed by atoms with Crippen LogP contribution < -0.4 is 9.47 Å². The van der Waals surface area contributed by atoms with Crippen molar-refractivity contribution in [2.45, 2.75) is 6.92 Å². The second-order valence-corrected chi connectivity index (χ2v) is 4.15. The number of rotatable bonds is 3. The summed E-state index contributed by atoms with van der Waals surface area (Å²) in [6, 6.07) is 3.31. The predicted molar refractivity (Wildman–Crippen MR) is 72.6 cm³/mol. The molecule has 8 nitrogen and oxygen atoms in total. The predicted octanol–water partition coefficient (Wildman–Crippen LogP) is 3.08. The van der Waals surface area contributed by atoms with Crippen LogP contribution in [0.3, 0.4) is 0 Å². The summed E-state index contributed by atoms with van der Waals surface area (Å²) in [6.07, 6.45) is 1.33. The quantitative estimate of drug-likeness (QED) is 0.373. The molecule has 0 unspecified atom stereocenters. The first kappa shape index (κ1) is 13.0. The Bertz CT molecular complexity index is 783. The van der Waals surface area contributed by atoms with E-state index >= 15 is 0 Å². The molecular weight excluding hydrogens is 276 g/mol. The number of hydrogen-bond acceptors (Lipinski definition) is 6. The number of nitrogens with zero attached hydrogens (tertiary/aromatic N) is 4. The molecule has 1 aliphatic heterocycles. The van der Waals surface area contributed by atoms with Crippen molar-refractivity contribution in [1.82, 2.24) is 4.98 Å². The van der Waals surface area contributed by atoms with Crippen molar-refractivity contribution in [2.24, 2.45) is 5.11 Å². The normalized spacial score (nSPS) is 12.0. The summed E-state index contributed by atoms with van der Waals surface area (Å²) in [4.78, 5) is 18.9. The van der Waals surface area contributed by atoms with Crippen LogP contribution in [0.1, 0.15) is 17.3 Å². The van der Waals surface area contributed by atoms with E-state index in [1.165, 1.54) is 6.20 Å². The van der Waals surface area contributed by atoms with E-state index in [1.54, 1.807) is 19.1 Å². The number of fused-ring (bicyclic) bond motifs is 2. The van der Waals surface area contributed by atoms with Crippen molar-refractivity contribution in [1.29, 1.82) is 0 Å². The fourth-order valence-electron chi connectivity index (χ4n) is 2.08. The first-order chi connectivity index (χ1) is 10.2. The summed E-state index contributed by atoms with van der Waals surface area (Å²) < 4.78 is 15.5. The molecule has 1 aromatic heterocycles. The van der Waals surface area contributed by atoms with Crippen LogP contribution >= 0.6 is 0 Å². The average molecular weight is 286 g/mol. The summed E-state index contributed by atoms with van der Waals surface area (Å²) in [5.41, 5.74) is 9.55. The van der Waals surface area contributed by atoms with Gasteiger partial charge in [0.25, 0.3) is 0 Å². The van der Waals surface area contributed by atoms with E-state index in [-0.39, 0.29) is 24.7 Å².